The van der Waals surface area contributed by atoms with Crippen LogP contribution in [0.15, 0.2) is 12.7 Å². The zero-order valence-corrected chi connectivity index (χ0v) is 6.70. The quantitative estimate of drug-likeness (QED) is 0.450. The van der Waals surface area contributed by atoms with Gasteiger partial charge in [-0.05, 0) is 0 Å². The lowest BCUT2D eigenvalue weighted by atomic mass is 10.0. The standard InChI is InChI=1S/C7H13NO3/c1-4-5(2)6(7(9)10)8-11-3/h4-6,8H,1H2,2-3H3,(H,9,10)/t5-,6+/m0/s1. The number of nitrogens with one attached hydrogen (secondary N) is 1. The number of hydrogen-bond acceptors (Lipinski definition) is 3. The molecular weight excluding hydrogens is 146 g/mol. The minimum absolute atomic E-state index is 0.160. The molecule has 0 unspecified atom stereocenters. The van der Waals surface area contributed by atoms with E-state index in [9.17, 15) is 4.79 Å². The van der Waals surface area contributed by atoms with E-state index in [2.05, 4.69) is 16.9 Å². The Balaban J connectivity index is 4.08. The van der Waals surface area contributed by atoms with Crippen molar-refractivity contribution in [3.63, 3.8) is 0 Å². The molecule has 11 heavy (non-hydrogen) atoms. The number of hydroxylamine groups is 1. The van der Waals surface area contributed by atoms with E-state index in [1.807, 2.05) is 0 Å². The summed E-state index contributed by atoms with van der Waals surface area (Å²) in [4.78, 5) is 15.0. The lowest BCUT2D eigenvalue weighted by Crippen LogP contribution is -2.40. The van der Waals surface area contributed by atoms with Crippen molar-refractivity contribution in [1.29, 1.82) is 0 Å². The Bertz CT molecular complexity index is 147. The molecule has 0 aromatic carbocycles. The molecule has 0 radical (unpaired) electrons. The van der Waals surface area contributed by atoms with Gasteiger partial charge in [0, 0.05) is 5.92 Å². The van der Waals surface area contributed by atoms with Crippen LogP contribution in [-0.2, 0) is 9.63 Å². The minimum atomic E-state index is -0.945. The van der Waals surface area contributed by atoms with E-state index >= 15 is 0 Å². The van der Waals surface area contributed by atoms with Crippen LogP contribution in [0.3, 0.4) is 0 Å². The van der Waals surface area contributed by atoms with Crippen LogP contribution >= 0.6 is 0 Å². The molecule has 0 fully saturated rings. The maximum atomic E-state index is 10.5. The van der Waals surface area contributed by atoms with Crippen molar-refractivity contribution in [1.82, 2.24) is 5.48 Å². The number of rotatable bonds is 5. The molecule has 0 aliphatic heterocycles. The molecule has 0 saturated heterocycles. The summed E-state index contributed by atoms with van der Waals surface area (Å²) in [5, 5.41) is 8.62. The maximum Gasteiger partial charge on any atom is 0.323 e. The Hall–Kier alpha value is -0.870. The SMILES string of the molecule is C=C[C@H](C)[C@@H](NOC)C(=O)O. The molecule has 0 saturated carbocycles. The average Bonchev–Trinajstić information content (AvgIpc) is 1.98. The number of carbonyl (C=O) groups is 1. The second kappa shape index (κ2) is 4.87. The Morgan fingerprint density at radius 2 is 2.36 bits per heavy atom. The highest BCUT2D eigenvalue weighted by Gasteiger charge is 2.21. The predicted octanol–water partition coefficient (Wildman–Crippen LogP) is 0.413. The van der Waals surface area contributed by atoms with Crippen molar-refractivity contribution in [2.75, 3.05) is 7.11 Å². The van der Waals surface area contributed by atoms with Crippen molar-refractivity contribution < 1.29 is 14.7 Å². The van der Waals surface area contributed by atoms with Crippen LogP contribution in [0.5, 0.6) is 0 Å². The Kier molecular flexibility index (Phi) is 4.49. The summed E-state index contributed by atoms with van der Waals surface area (Å²) < 4.78 is 0. The lowest BCUT2D eigenvalue weighted by Gasteiger charge is -2.16. The van der Waals surface area contributed by atoms with Crippen molar-refractivity contribution in [2.24, 2.45) is 5.92 Å². The summed E-state index contributed by atoms with van der Waals surface area (Å²) in [7, 11) is 1.38. The van der Waals surface area contributed by atoms with Gasteiger partial charge in [-0.25, -0.2) is 0 Å². The third kappa shape index (κ3) is 3.15. The fraction of sp³-hybridized carbons (Fsp3) is 0.571. The van der Waals surface area contributed by atoms with Crippen LogP contribution in [-0.4, -0.2) is 24.2 Å². The average molecular weight is 159 g/mol. The maximum absolute atomic E-state index is 10.5. The van der Waals surface area contributed by atoms with E-state index in [1.54, 1.807) is 13.0 Å². The van der Waals surface area contributed by atoms with E-state index in [-0.39, 0.29) is 5.92 Å². The first-order valence-corrected chi connectivity index (χ1v) is 3.27. The lowest BCUT2D eigenvalue weighted by molar-refractivity contribution is -0.144. The molecule has 0 aliphatic rings. The fourth-order valence-corrected chi connectivity index (χ4v) is 0.646. The van der Waals surface area contributed by atoms with E-state index in [1.165, 1.54) is 7.11 Å². The normalized spacial score (nSPS) is 15.5. The molecule has 0 aromatic heterocycles. The summed E-state index contributed by atoms with van der Waals surface area (Å²) in [5.41, 5.74) is 2.36. The van der Waals surface area contributed by atoms with Gasteiger partial charge in [-0.1, -0.05) is 13.0 Å². The minimum Gasteiger partial charge on any atom is -0.480 e. The van der Waals surface area contributed by atoms with E-state index in [0.29, 0.717) is 0 Å². The van der Waals surface area contributed by atoms with E-state index in [4.69, 9.17) is 5.11 Å². The third-order valence-electron chi connectivity index (χ3n) is 1.41. The van der Waals surface area contributed by atoms with Gasteiger partial charge in [0.05, 0.1) is 7.11 Å². The Morgan fingerprint density at radius 1 is 1.82 bits per heavy atom. The van der Waals surface area contributed by atoms with Gasteiger partial charge >= 0.3 is 5.97 Å². The molecule has 0 aliphatic carbocycles. The molecule has 0 amide bonds. The topological polar surface area (TPSA) is 58.6 Å². The van der Waals surface area contributed by atoms with E-state index in [0.717, 1.165) is 0 Å². The van der Waals surface area contributed by atoms with Crippen LogP contribution in [0, 0.1) is 5.92 Å². The van der Waals surface area contributed by atoms with Gasteiger partial charge < -0.3 is 9.94 Å². The smallest absolute Gasteiger partial charge is 0.323 e. The van der Waals surface area contributed by atoms with Gasteiger partial charge in [0.2, 0.25) is 0 Å². The summed E-state index contributed by atoms with van der Waals surface area (Å²) >= 11 is 0. The van der Waals surface area contributed by atoms with Crippen LogP contribution < -0.4 is 5.48 Å². The number of carboxylic acids is 1. The van der Waals surface area contributed by atoms with Crippen LogP contribution in [0.2, 0.25) is 0 Å². The monoisotopic (exact) mass is 159 g/mol. The van der Waals surface area contributed by atoms with Crippen molar-refractivity contribution in [2.45, 2.75) is 13.0 Å². The molecule has 0 rings (SSSR count). The summed E-state index contributed by atoms with van der Waals surface area (Å²) in [6.45, 7) is 5.24. The molecule has 0 heterocycles. The molecular formula is C7H13NO3. The molecule has 0 spiro atoms. The van der Waals surface area contributed by atoms with Gasteiger partial charge in [-0.3, -0.25) is 4.79 Å². The van der Waals surface area contributed by atoms with Gasteiger partial charge in [-0.15, -0.1) is 6.58 Å². The van der Waals surface area contributed by atoms with Gasteiger partial charge in [0.1, 0.15) is 6.04 Å². The van der Waals surface area contributed by atoms with Gasteiger partial charge in [0.25, 0.3) is 0 Å². The largest absolute Gasteiger partial charge is 0.480 e. The third-order valence-corrected chi connectivity index (χ3v) is 1.41. The zero-order valence-electron chi connectivity index (χ0n) is 6.70. The van der Waals surface area contributed by atoms with E-state index < -0.39 is 12.0 Å². The second-order valence-corrected chi connectivity index (χ2v) is 2.23. The molecule has 2 atom stereocenters. The first-order valence-electron chi connectivity index (χ1n) is 3.27. The molecule has 64 valence electrons. The Labute approximate surface area is 65.8 Å². The first kappa shape index (κ1) is 10.1. The predicted molar refractivity (Wildman–Crippen MR) is 40.9 cm³/mol. The van der Waals surface area contributed by atoms with Crippen molar-refractivity contribution in [3.05, 3.63) is 12.7 Å². The molecule has 4 nitrogen and oxygen atoms in total. The summed E-state index contributed by atoms with van der Waals surface area (Å²) in [6, 6.07) is -0.725. The second-order valence-electron chi connectivity index (χ2n) is 2.23. The molecule has 4 heteroatoms. The molecule has 0 aromatic rings. The highest BCUT2D eigenvalue weighted by molar-refractivity contribution is 5.73. The highest BCUT2D eigenvalue weighted by atomic mass is 16.6. The van der Waals surface area contributed by atoms with Crippen LogP contribution in [0.4, 0.5) is 0 Å². The summed E-state index contributed by atoms with van der Waals surface area (Å²) in [5.74, 6) is -1.10. The van der Waals surface area contributed by atoms with Crippen molar-refractivity contribution in [3.8, 4) is 0 Å². The first-order chi connectivity index (χ1) is 5.13. The number of hydrogen-bond donors (Lipinski definition) is 2. The highest BCUT2D eigenvalue weighted by Crippen LogP contribution is 2.03. The zero-order chi connectivity index (χ0) is 8.85. The number of aliphatic carboxylic acids is 1. The number of carboxylic acid groups (broad SMARTS) is 1. The van der Waals surface area contributed by atoms with Gasteiger partial charge in [0.15, 0.2) is 0 Å². The van der Waals surface area contributed by atoms with Gasteiger partial charge in [-0.2, -0.15) is 5.48 Å². The Morgan fingerprint density at radius 3 is 2.64 bits per heavy atom. The van der Waals surface area contributed by atoms with Crippen LogP contribution in [0.25, 0.3) is 0 Å². The molecule has 2 N–H and O–H groups in total. The fourth-order valence-electron chi connectivity index (χ4n) is 0.646. The summed E-state index contributed by atoms with van der Waals surface area (Å²) in [6.07, 6.45) is 1.56. The van der Waals surface area contributed by atoms with Crippen LogP contribution in [0.1, 0.15) is 6.92 Å². The van der Waals surface area contributed by atoms with Crippen molar-refractivity contribution >= 4 is 5.97 Å². The molecule has 0 bridgehead atoms.